The Morgan fingerprint density at radius 2 is 2.24 bits per heavy atom. The highest BCUT2D eigenvalue weighted by atomic mass is 32.2. The lowest BCUT2D eigenvalue weighted by atomic mass is 10.1. The van der Waals surface area contributed by atoms with Crippen LogP contribution in [-0.2, 0) is 0 Å². The Morgan fingerprint density at radius 1 is 1.53 bits per heavy atom. The van der Waals surface area contributed by atoms with E-state index in [2.05, 4.69) is 0 Å². The summed E-state index contributed by atoms with van der Waals surface area (Å²) in [6, 6.07) is 5.23. The predicted molar refractivity (Wildman–Crippen MR) is 72.7 cm³/mol. The van der Waals surface area contributed by atoms with Crippen molar-refractivity contribution < 1.29 is 9.53 Å². The van der Waals surface area contributed by atoms with Gasteiger partial charge in [-0.2, -0.15) is 11.8 Å². The molecule has 1 amide bonds. The van der Waals surface area contributed by atoms with E-state index in [0.717, 1.165) is 5.75 Å². The van der Waals surface area contributed by atoms with E-state index >= 15 is 0 Å². The highest BCUT2D eigenvalue weighted by molar-refractivity contribution is 7.98. The Kier molecular flexibility index (Phi) is 5.15. The number of benzene rings is 1. The summed E-state index contributed by atoms with van der Waals surface area (Å²) in [6.07, 6.45) is 2.01. The third-order valence-electron chi connectivity index (χ3n) is 2.49. The molecule has 0 bridgehead atoms. The molecule has 0 fully saturated rings. The van der Waals surface area contributed by atoms with Crippen molar-refractivity contribution in [1.29, 1.82) is 0 Å². The minimum atomic E-state index is -0.0737. The van der Waals surface area contributed by atoms with Crippen molar-refractivity contribution in [2.45, 2.75) is 0 Å². The molecule has 0 atom stereocenters. The van der Waals surface area contributed by atoms with Crippen molar-refractivity contribution in [3.8, 4) is 5.75 Å². The van der Waals surface area contributed by atoms with Crippen LogP contribution in [-0.4, -0.2) is 43.5 Å². The minimum Gasteiger partial charge on any atom is -0.495 e. The molecule has 0 saturated carbocycles. The zero-order valence-electron chi connectivity index (χ0n) is 10.4. The molecule has 1 aromatic carbocycles. The normalized spacial score (nSPS) is 10.1. The molecule has 0 aliphatic carbocycles. The molecule has 0 aliphatic heterocycles. The third-order valence-corrected chi connectivity index (χ3v) is 3.08. The van der Waals surface area contributed by atoms with Gasteiger partial charge in [0.25, 0.3) is 5.91 Å². The van der Waals surface area contributed by atoms with E-state index < -0.39 is 0 Å². The van der Waals surface area contributed by atoms with Crippen LogP contribution in [0.4, 0.5) is 5.69 Å². The van der Waals surface area contributed by atoms with E-state index in [1.807, 2.05) is 6.26 Å². The number of carbonyl (C=O) groups excluding carboxylic acids is 1. The lowest BCUT2D eigenvalue weighted by Gasteiger charge is -2.18. The van der Waals surface area contributed by atoms with Gasteiger partial charge in [-0.25, -0.2) is 0 Å². The fraction of sp³-hybridized carbons (Fsp3) is 0.417. The number of nitrogens with two attached hydrogens (primary N) is 1. The quantitative estimate of drug-likeness (QED) is 0.813. The average Bonchev–Trinajstić information content (AvgIpc) is 2.35. The highest BCUT2D eigenvalue weighted by Gasteiger charge is 2.16. The second-order valence-electron chi connectivity index (χ2n) is 3.64. The van der Waals surface area contributed by atoms with Crippen LogP contribution in [0.1, 0.15) is 10.4 Å². The van der Waals surface area contributed by atoms with Gasteiger partial charge in [-0.3, -0.25) is 4.79 Å². The highest BCUT2D eigenvalue weighted by Crippen LogP contribution is 2.25. The van der Waals surface area contributed by atoms with Gasteiger partial charge in [-0.1, -0.05) is 6.07 Å². The standard InChI is InChI=1S/C12H18N2O2S/c1-14(7-8-17-3)12(15)9-5-4-6-10(16-2)11(9)13/h4-6H,7-8,13H2,1-3H3. The lowest BCUT2D eigenvalue weighted by molar-refractivity contribution is 0.0804. The number of anilines is 1. The molecule has 0 saturated heterocycles. The fourth-order valence-corrected chi connectivity index (χ4v) is 1.90. The summed E-state index contributed by atoms with van der Waals surface area (Å²) in [5.41, 5.74) is 6.78. The molecule has 4 nitrogen and oxygen atoms in total. The first-order valence-corrected chi connectivity index (χ1v) is 6.68. The van der Waals surface area contributed by atoms with Gasteiger partial charge in [0.05, 0.1) is 18.4 Å². The molecule has 0 aromatic heterocycles. The molecule has 0 aliphatic rings. The van der Waals surface area contributed by atoms with Gasteiger partial charge in [-0.05, 0) is 18.4 Å². The van der Waals surface area contributed by atoms with Gasteiger partial charge in [0.15, 0.2) is 0 Å². The van der Waals surface area contributed by atoms with Gasteiger partial charge < -0.3 is 15.4 Å². The number of methoxy groups -OCH3 is 1. The maximum absolute atomic E-state index is 12.1. The summed E-state index contributed by atoms with van der Waals surface area (Å²) in [5.74, 6) is 1.37. The van der Waals surface area contributed by atoms with Crippen molar-refractivity contribution in [2.24, 2.45) is 0 Å². The zero-order valence-corrected chi connectivity index (χ0v) is 11.2. The van der Waals surface area contributed by atoms with E-state index in [1.54, 1.807) is 41.9 Å². The summed E-state index contributed by atoms with van der Waals surface area (Å²) in [5, 5.41) is 0. The Morgan fingerprint density at radius 3 is 2.82 bits per heavy atom. The summed E-state index contributed by atoms with van der Waals surface area (Å²) in [6.45, 7) is 0.705. The van der Waals surface area contributed by atoms with Crippen LogP contribution in [0.5, 0.6) is 5.75 Å². The Labute approximate surface area is 106 Å². The molecular formula is C12H18N2O2S. The van der Waals surface area contributed by atoms with E-state index in [9.17, 15) is 4.79 Å². The van der Waals surface area contributed by atoms with Crippen LogP contribution in [0.3, 0.4) is 0 Å². The van der Waals surface area contributed by atoms with Gasteiger partial charge in [0.1, 0.15) is 5.75 Å². The summed E-state index contributed by atoms with van der Waals surface area (Å²) >= 11 is 1.70. The Bertz CT molecular complexity index is 396. The molecule has 0 unspecified atom stereocenters. The molecule has 0 spiro atoms. The van der Waals surface area contributed by atoms with Crippen LogP contribution in [0.2, 0.25) is 0 Å². The maximum Gasteiger partial charge on any atom is 0.255 e. The average molecular weight is 254 g/mol. The number of para-hydroxylation sites is 1. The second-order valence-corrected chi connectivity index (χ2v) is 4.63. The SMILES string of the molecule is COc1cccc(C(=O)N(C)CCSC)c1N. The topological polar surface area (TPSA) is 55.6 Å². The number of hydrogen-bond donors (Lipinski definition) is 1. The third kappa shape index (κ3) is 3.30. The minimum absolute atomic E-state index is 0.0737. The Hall–Kier alpha value is -1.36. The monoisotopic (exact) mass is 254 g/mol. The van der Waals surface area contributed by atoms with Crippen molar-refractivity contribution >= 4 is 23.4 Å². The maximum atomic E-state index is 12.1. The Balaban J connectivity index is 2.88. The van der Waals surface area contributed by atoms with E-state index in [4.69, 9.17) is 10.5 Å². The first kappa shape index (κ1) is 13.7. The lowest BCUT2D eigenvalue weighted by Crippen LogP contribution is -2.29. The zero-order chi connectivity index (χ0) is 12.8. The van der Waals surface area contributed by atoms with Crippen molar-refractivity contribution in [2.75, 3.05) is 38.4 Å². The molecule has 1 aromatic rings. The molecular weight excluding hydrogens is 236 g/mol. The molecule has 94 valence electrons. The molecule has 0 radical (unpaired) electrons. The number of carbonyl (C=O) groups is 1. The van der Waals surface area contributed by atoms with Crippen LogP contribution >= 0.6 is 11.8 Å². The van der Waals surface area contributed by atoms with Crippen molar-refractivity contribution in [3.05, 3.63) is 23.8 Å². The largest absolute Gasteiger partial charge is 0.495 e. The number of hydrogen-bond acceptors (Lipinski definition) is 4. The molecule has 5 heteroatoms. The summed E-state index contributed by atoms with van der Waals surface area (Å²) in [4.78, 5) is 13.8. The molecule has 2 N–H and O–H groups in total. The van der Waals surface area contributed by atoms with Crippen LogP contribution in [0.25, 0.3) is 0 Å². The number of ether oxygens (including phenoxy) is 1. The van der Waals surface area contributed by atoms with Crippen molar-refractivity contribution in [1.82, 2.24) is 4.90 Å². The molecule has 1 rings (SSSR count). The van der Waals surface area contributed by atoms with Crippen LogP contribution in [0.15, 0.2) is 18.2 Å². The first-order chi connectivity index (χ1) is 8.11. The predicted octanol–water partition coefficient (Wildman–Crippen LogP) is 1.71. The fourth-order valence-electron chi connectivity index (χ4n) is 1.44. The van der Waals surface area contributed by atoms with Crippen LogP contribution in [0, 0.1) is 0 Å². The van der Waals surface area contributed by atoms with Gasteiger partial charge >= 0.3 is 0 Å². The van der Waals surface area contributed by atoms with E-state index in [0.29, 0.717) is 23.5 Å². The smallest absolute Gasteiger partial charge is 0.255 e. The van der Waals surface area contributed by atoms with E-state index in [1.165, 1.54) is 7.11 Å². The number of nitrogens with zero attached hydrogens (tertiary/aromatic N) is 1. The van der Waals surface area contributed by atoms with Gasteiger partial charge in [-0.15, -0.1) is 0 Å². The number of rotatable bonds is 5. The van der Waals surface area contributed by atoms with Crippen LogP contribution < -0.4 is 10.5 Å². The number of thioether (sulfide) groups is 1. The van der Waals surface area contributed by atoms with Crippen molar-refractivity contribution in [3.63, 3.8) is 0 Å². The second kappa shape index (κ2) is 6.39. The number of nitrogen functional groups attached to an aromatic ring is 1. The van der Waals surface area contributed by atoms with Gasteiger partial charge in [0, 0.05) is 19.3 Å². The first-order valence-electron chi connectivity index (χ1n) is 5.28. The number of amides is 1. The summed E-state index contributed by atoms with van der Waals surface area (Å²) < 4.78 is 5.10. The van der Waals surface area contributed by atoms with Gasteiger partial charge in [0.2, 0.25) is 0 Å². The van der Waals surface area contributed by atoms with E-state index in [-0.39, 0.29) is 5.91 Å². The molecule has 0 heterocycles. The summed E-state index contributed by atoms with van der Waals surface area (Å²) in [7, 11) is 3.31. The molecule has 17 heavy (non-hydrogen) atoms.